The number of benzene rings is 4. The molecule has 5 aromatic rings. The van der Waals surface area contributed by atoms with Crippen molar-refractivity contribution < 1.29 is 86.6 Å². The number of aliphatic hydroxyl groups excluding tert-OH is 2. The summed E-state index contributed by atoms with van der Waals surface area (Å²) >= 11 is 0. The maximum Gasteiger partial charge on any atom is 0.312 e. The van der Waals surface area contributed by atoms with Gasteiger partial charge in [0.15, 0.2) is 22.3 Å². The second-order valence-electron chi connectivity index (χ2n) is 25.6. The lowest BCUT2D eigenvalue weighted by atomic mass is 9.78. The molecule has 1 aromatic heterocycles. The van der Waals surface area contributed by atoms with Crippen molar-refractivity contribution in [1.29, 1.82) is 0 Å². The van der Waals surface area contributed by atoms with Gasteiger partial charge in [0.25, 0.3) is 23.5 Å². The van der Waals surface area contributed by atoms with Crippen LogP contribution in [0.2, 0.25) is 0 Å². The minimum Gasteiger partial charge on any atom is -0.505 e. The van der Waals surface area contributed by atoms with Gasteiger partial charge in [0.05, 0.1) is 35.5 Å². The predicted octanol–water partition coefficient (Wildman–Crippen LogP) is 7.07. The molecule has 0 saturated heterocycles. The number of nitrogens with zero attached hydrogens (tertiary/aromatic N) is 2. The summed E-state index contributed by atoms with van der Waals surface area (Å²) in [6.07, 6.45) is 7.38. The van der Waals surface area contributed by atoms with E-state index >= 15 is 4.79 Å². The number of esters is 1. The van der Waals surface area contributed by atoms with Gasteiger partial charge in [-0.3, -0.25) is 48.1 Å². The number of imide groups is 1. The quantitative estimate of drug-likeness (QED) is 0.00885. The van der Waals surface area contributed by atoms with Crippen LogP contribution in [0.4, 0.5) is 16.2 Å². The van der Waals surface area contributed by atoms with E-state index in [1.54, 1.807) is 96.2 Å². The number of methoxy groups -OCH3 is 1. The lowest BCUT2D eigenvalue weighted by Gasteiger charge is -2.38. The lowest BCUT2D eigenvalue weighted by molar-refractivity contribution is -0.160. The molecular weight excluding hydrogens is 1270 g/mol. The van der Waals surface area contributed by atoms with E-state index < -0.39 is 130 Å². The molecule has 98 heavy (non-hydrogen) atoms. The van der Waals surface area contributed by atoms with Crippen molar-refractivity contribution >= 4 is 97.6 Å². The zero-order chi connectivity index (χ0) is 71.6. The molecule has 0 saturated carbocycles. The molecule has 0 radical (unpaired) electrons. The van der Waals surface area contributed by atoms with Gasteiger partial charge in [0.2, 0.25) is 17.7 Å². The molecule has 4 bridgehead atoms. The van der Waals surface area contributed by atoms with Gasteiger partial charge >= 0.3 is 17.8 Å². The number of allylic oxidation sites excluding steroid dienone is 2. The fourth-order valence-electron chi connectivity index (χ4n) is 12.2. The van der Waals surface area contributed by atoms with Crippen molar-refractivity contribution in [3.8, 4) is 17.2 Å². The number of ether oxygens (including phenoxy) is 5. The minimum absolute atomic E-state index is 0.0648. The highest BCUT2D eigenvalue weighted by Crippen LogP contribution is 2.49. The van der Waals surface area contributed by atoms with E-state index in [2.05, 4.69) is 26.6 Å². The number of hydrogen-bond acceptors (Lipinski definition) is 20. The third-order valence-electron chi connectivity index (χ3n) is 18.0. The van der Waals surface area contributed by atoms with E-state index in [0.717, 1.165) is 4.90 Å². The molecule has 1 unspecified atom stereocenters. The molecule has 524 valence electrons. The summed E-state index contributed by atoms with van der Waals surface area (Å²) in [5, 5.41) is 48.5. The molecule has 27 nitrogen and oxygen atoms in total. The van der Waals surface area contributed by atoms with Crippen molar-refractivity contribution in [2.75, 3.05) is 30.8 Å². The van der Waals surface area contributed by atoms with Gasteiger partial charge in [-0.2, -0.15) is 0 Å². The maximum atomic E-state index is 15.1. The average molecular weight is 1360 g/mol. The number of fused-ring (bicyclic) bond motifs is 2. The van der Waals surface area contributed by atoms with Crippen LogP contribution >= 0.6 is 0 Å². The van der Waals surface area contributed by atoms with Gasteiger partial charge in [-0.25, -0.2) is 9.78 Å². The van der Waals surface area contributed by atoms with Crippen LogP contribution in [0.25, 0.3) is 33.0 Å². The highest BCUT2D eigenvalue weighted by atomic mass is 16.7. The summed E-state index contributed by atoms with van der Waals surface area (Å²) < 4.78 is 37.0. The molecule has 0 aliphatic carbocycles. The van der Waals surface area contributed by atoms with Crippen LogP contribution in [0.1, 0.15) is 122 Å². The third-order valence-corrected chi connectivity index (χ3v) is 18.0. The van der Waals surface area contributed by atoms with Crippen LogP contribution < -0.4 is 47.2 Å². The zero-order valence-corrected chi connectivity index (χ0v) is 56.6. The van der Waals surface area contributed by atoms with E-state index in [1.807, 2.05) is 0 Å². The molecule has 3 aliphatic rings. The average Bonchev–Trinajstić information content (AvgIpc) is 1.39. The number of rotatable bonds is 21. The molecule has 8 amide bonds. The first-order valence-corrected chi connectivity index (χ1v) is 32.5. The number of Topliss-reactive ketones (excluding diaryl/α,β-unsaturated/α-hetero) is 1. The number of phenols is 1. The third kappa shape index (κ3) is 16.7. The normalized spacial score (nSPS) is 23.9. The molecular formula is C71H86N8O19. The Kier molecular flexibility index (Phi) is 24.0. The van der Waals surface area contributed by atoms with E-state index in [0.29, 0.717) is 30.5 Å². The monoisotopic (exact) mass is 1350 g/mol. The molecule has 27 heteroatoms. The Labute approximate surface area is 565 Å². The highest BCUT2D eigenvalue weighted by Gasteiger charge is 2.50. The number of amides is 8. The summed E-state index contributed by atoms with van der Waals surface area (Å²) in [5.41, 5.74) is 4.57. The Morgan fingerprint density at radius 2 is 1.55 bits per heavy atom. The van der Waals surface area contributed by atoms with Crippen LogP contribution in [0.15, 0.2) is 100.0 Å². The SMILES string of the molecule is CO[C@H]1/C=C/O[C@@]2(C)Oc3c(C)c(=O)c4c(O)c(c5oc6cccc(OCc7ccc(NC(=O)[C@H](CCCNC(N)=O)NC(=O)C(NC(=O)CCCCCN8C(=O)C=CC8=O)C(C)C)cc7)c6nc5c4c3C2=O)NC(=O)/C(C)=C\C=C\[C@H](C)[C@H](O)[C@@H](C)[C@@H](O)[C@@H](C)[C@H](OC(C)=O)[C@@H]1C. The van der Waals surface area contributed by atoms with E-state index in [1.165, 1.54) is 65.4 Å². The number of carbonyl (C=O) groups excluding carboxylic acids is 9. The molecule has 4 aromatic carbocycles. The fourth-order valence-corrected chi connectivity index (χ4v) is 12.2. The first-order valence-electron chi connectivity index (χ1n) is 32.5. The standard InChI is InChI=1S/C71H86N8O19/c1-35(2)55(76-49(81)23-13-12-14-32-79-50(82)28-29-51(79)83)69(91)75-45(20-17-31-73-70(72)92)68(90)74-44-26-24-43(25-27-44)34-94-47-21-16-22-48-56(47)77-57-52-53-61(86)41(8)64-54(52)66(88)71(10,98-64)95-33-30-46(93-11)38(5)63(96-42(9)80)40(7)60(85)39(6)59(84)36(3)18-15-19-37(4)67(89)78-58(62(53)87)65(57)97-48/h15-16,18-19,21-22,24-30,33,35-36,38-40,45-46,55,59-60,63,84-85,87H,12-14,17,20,23,31-32,34H2,1-11H3,(H,74,90)(H,75,91)(H,76,81)(H,78,89)(H3,72,73,92)/b18-15+,33-30+,37-19-/t36-,38+,39+,40+,45-,46-,55?,59-,60+,63+,71-/m0/s1. The Morgan fingerprint density at radius 3 is 2.21 bits per heavy atom. The van der Waals surface area contributed by atoms with Crippen molar-refractivity contribution in [2.24, 2.45) is 35.3 Å². The number of hydrogen-bond donors (Lipinski definition) is 9. The molecule has 0 spiro atoms. The van der Waals surface area contributed by atoms with Crippen LogP contribution in [0, 0.1) is 36.5 Å². The minimum atomic E-state index is -2.17. The van der Waals surface area contributed by atoms with Gasteiger partial charge in [0, 0.05) is 98.5 Å². The van der Waals surface area contributed by atoms with Crippen molar-refractivity contribution in [1.82, 2.24) is 25.8 Å². The summed E-state index contributed by atoms with van der Waals surface area (Å²) in [5.74, 6) is -10.7. The lowest BCUT2D eigenvalue weighted by Crippen LogP contribution is -2.54. The predicted molar refractivity (Wildman–Crippen MR) is 361 cm³/mol. The van der Waals surface area contributed by atoms with E-state index in [-0.39, 0.29) is 112 Å². The van der Waals surface area contributed by atoms with Crippen molar-refractivity contribution in [3.63, 3.8) is 0 Å². The summed E-state index contributed by atoms with van der Waals surface area (Å²) in [4.78, 5) is 139. The van der Waals surface area contributed by atoms with Crippen molar-refractivity contribution in [3.05, 3.63) is 118 Å². The first-order chi connectivity index (χ1) is 46.5. The van der Waals surface area contributed by atoms with Gasteiger partial charge < -0.3 is 75.7 Å². The number of aliphatic hydroxyl groups is 2. The number of aromatic hydroxyl groups is 1. The second kappa shape index (κ2) is 31.9. The van der Waals surface area contributed by atoms with E-state index in [9.17, 15) is 58.5 Å². The Hall–Kier alpha value is -9.99. The Bertz CT molecular complexity index is 4090. The van der Waals surface area contributed by atoms with Crippen LogP contribution in [-0.4, -0.2) is 141 Å². The number of aromatic nitrogens is 1. The smallest absolute Gasteiger partial charge is 0.312 e. The number of anilines is 2. The number of nitrogens with one attached hydrogen (secondary N) is 5. The Morgan fingerprint density at radius 1 is 0.847 bits per heavy atom. The van der Waals surface area contributed by atoms with Crippen LogP contribution in [0.5, 0.6) is 17.2 Å². The molecule has 0 fully saturated rings. The summed E-state index contributed by atoms with van der Waals surface area (Å²) in [6, 6.07) is 8.38. The molecule has 3 aliphatic heterocycles. The first kappa shape index (κ1) is 73.8. The molecule has 11 atom stereocenters. The topological polar surface area (TPSA) is 393 Å². The van der Waals surface area contributed by atoms with Crippen molar-refractivity contribution in [2.45, 2.75) is 157 Å². The zero-order valence-electron chi connectivity index (χ0n) is 56.6. The number of nitrogens with two attached hydrogens (primary N) is 1. The Balaban J connectivity index is 1.08. The number of urea groups is 1. The second-order valence-corrected chi connectivity index (χ2v) is 25.6. The number of para-hydroxylation sites is 1. The number of carbonyl (C=O) groups is 9. The number of phenolic OH excluding ortho intramolecular Hbond substituents is 1. The molecule has 4 heterocycles. The summed E-state index contributed by atoms with van der Waals surface area (Å²) in [6.45, 7) is 16.0. The number of ketones is 1. The van der Waals surface area contributed by atoms with Gasteiger partial charge in [-0.15, -0.1) is 0 Å². The maximum absolute atomic E-state index is 15.1. The fraction of sp³-hybridized carbons (Fsp3) is 0.451. The highest BCUT2D eigenvalue weighted by molar-refractivity contribution is 6.26. The number of unbranched alkanes of at least 4 members (excludes halogenated alkanes) is 2. The van der Waals surface area contributed by atoms with E-state index in [4.69, 9.17) is 38.8 Å². The van der Waals surface area contributed by atoms with Gasteiger partial charge in [-0.1, -0.05) is 84.4 Å². The largest absolute Gasteiger partial charge is 0.505 e. The van der Waals surface area contributed by atoms with Gasteiger partial charge in [-0.05, 0) is 81.4 Å². The van der Waals surface area contributed by atoms with Crippen LogP contribution in [0.3, 0.4) is 0 Å². The van der Waals surface area contributed by atoms with Crippen LogP contribution in [-0.2, 0) is 54.4 Å². The number of primary amides is 1. The molecule has 10 N–H and O–H groups in total. The summed E-state index contributed by atoms with van der Waals surface area (Å²) in [7, 11) is 1.41. The molecule has 8 rings (SSSR count). The van der Waals surface area contributed by atoms with Gasteiger partial charge in [0.1, 0.15) is 53.0 Å².